The van der Waals surface area contributed by atoms with Crippen molar-refractivity contribution in [2.45, 2.75) is 52.9 Å². The third-order valence-electron chi connectivity index (χ3n) is 2.78. The van der Waals surface area contributed by atoms with Crippen molar-refractivity contribution in [3.8, 4) is 0 Å². The smallest absolute Gasteiger partial charge is 0.0313 e. The van der Waals surface area contributed by atoms with Gasteiger partial charge in [-0.1, -0.05) is 6.07 Å². The minimum absolute atomic E-state index is 0.543. The second kappa shape index (κ2) is 5.97. The van der Waals surface area contributed by atoms with Crippen LogP contribution in [-0.4, -0.2) is 22.0 Å². The highest BCUT2D eigenvalue weighted by Gasteiger charge is 2.13. The van der Waals surface area contributed by atoms with Gasteiger partial charge in [-0.3, -0.25) is 9.88 Å². The first-order valence-corrected chi connectivity index (χ1v) is 5.93. The number of aromatic nitrogens is 1. The molecule has 3 nitrogen and oxygen atoms in total. The molecule has 0 saturated carbocycles. The first-order valence-electron chi connectivity index (χ1n) is 5.93. The van der Waals surface area contributed by atoms with Crippen LogP contribution in [-0.2, 0) is 13.1 Å². The lowest BCUT2D eigenvalue weighted by Crippen LogP contribution is -2.36. The quantitative estimate of drug-likeness (QED) is 0.828. The largest absolute Gasteiger partial charge is 0.326 e. The van der Waals surface area contributed by atoms with Gasteiger partial charge in [-0.2, -0.15) is 0 Å². The molecular formula is C13H23N3. The first kappa shape index (κ1) is 13.1. The first-order chi connectivity index (χ1) is 7.54. The third-order valence-corrected chi connectivity index (χ3v) is 2.78. The van der Waals surface area contributed by atoms with Crippen LogP contribution in [0.25, 0.3) is 0 Å². The number of hydrogen-bond acceptors (Lipinski definition) is 3. The molecule has 2 N–H and O–H groups in total. The zero-order valence-corrected chi connectivity index (χ0v) is 10.8. The predicted octanol–water partition coefficient (Wildman–Crippen LogP) is 2.16. The molecule has 90 valence electrons. The van der Waals surface area contributed by atoms with Gasteiger partial charge in [-0.15, -0.1) is 0 Å². The molecule has 0 spiro atoms. The average molecular weight is 221 g/mol. The molecule has 1 aromatic heterocycles. The molecule has 16 heavy (non-hydrogen) atoms. The van der Waals surface area contributed by atoms with E-state index in [1.165, 1.54) is 5.56 Å². The fourth-order valence-corrected chi connectivity index (χ4v) is 1.91. The molecule has 0 bridgehead atoms. The van der Waals surface area contributed by atoms with Crippen molar-refractivity contribution < 1.29 is 0 Å². The Morgan fingerprint density at radius 2 is 1.69 bits per heavy atom. The van der Waals surface area contributed by atoms with E-state index in [9.17, 15) is 0 Å². The topological polar surface area (TPSA) is 42.2 Å². The van der Waals surface area contributed by atoms with E-state index in [1.54, 1.807) is 0 Å². The summed E-state index contributed by atoms with van der Waals surface area (Å²) in [6.45, 7) is 10.4. The second-order valence-electron chi connectivity index (χ2n) is 4.77. The van der Waals surface area contributed by atoms with Gasteiger partial charge in [-0.25, -0.2) is 0 Å². The fraction of sp³-hybridized carbons (Fsp3) is 0.615. The lowest BCUT2D eigenvalue weighted by molar-refractivity contribution is 0.166. The zero-order chi connectivity index (χ0) is 12.1. The monoisotopic (exact) mass is 221 g/mol. The Bertz CT molecular complexity index is 313. The highest BCUT2D eigenvalue weighted by atomic mass is 15.2. The maximum absolute atomic E-state index is 5.62. The molecule has 0 aromatic carbocycles. The Morgan fingerprint density at radius 1 is 1.12 bits per heavy atom. The van der Waals surface area contributed by atoms with Gasteiger partial charge >= 0.3 is 0 Å². The second-order valence-corrected chi connectivity index (χ2v) is 4.77. The van der Waals surface area contributed by atoms with Gasteiger partial charge in [0.1, 0.15) is 0 Å². The molecule has 0 radical (unpaired) electrons. The van der Waals surface area contributed by atoms with E-state index in [0.29, 0.717) is 18.6 Å². The summed E-state index contributed by atoms with van der Waals surface area (Å²) in [6, 6.07) is 3.23. The highest BCUT2D eigenvalue weighted by molar-refractivity contribution is 5.17. The van der Waals surface area contributed by atoms with Crippen LogP contribution in [0.3, 0.4) is 0 Å². The van der Waals surface area contributed by atoms with E-state index in [4.69, 9.17) is 5.73 Å². The Labute approximate surface area is 98.7 Å². The maximum atomic E-state index is 5.62. The molecule has 0 fully saturated rings. The van der Waals surface area contributed by atoms with Gasteiger partial charge in [0.2, 0.25) is 0 Å². The number of nitrogens with zero attached hydrogens (tertiary/aromatic N) is 2. The Balaban J connectivity index is 2.77. The molecule has 1 aromatic rings. The molecule has 0 aliphatic rings. The maximum Gasteiger partial charge on any atom is 0.0313 e. The summed E-state index contributed by atoms with van der Waals surface area (Å²) in [5.74, 6) is 0. The number of rotatable bonds is 5. The average Bonchev–Trinajstić information content (AvgIpc) is 2.25. The van der Waals surface area contributed by atoms with E-state index in [0.717, 1.165) is 12.1 Å². The summed E-state index contributed by atoms with van der Waals surface area (Å²) in [6.07, 6.45) is 3.76. The SMILES string of the molecule is CC(C)N(Cc1cncc(CN)c1)C(C)C. The molecule has 0 aliphatic carbocycles. The van der Waals surface area contributed by atoms with Crippen LogP contribution in [0, 0.1) is 0 Å². The minimum atomic E-state index is 0.543. The molecule has 0 aliphatic heterocycles. The van der Waals surface area contributed by atoms with E-state index >= 15 is 0 Å². The van der Waals surface area contributed by atoms with Gasteiger partial charge in [0.05, 0.1) is 0 Å². The van der Waals surface area contributed by atoms with Crippen LogP contribution in [0.2, 0.25) is 0 Å². The predicted molar refractivity (Wildman–Crippen MR) is 67.9 cm³/mol. The van der Waals surface area contributed by atoms with Crippen molar-refractivity contribution in [1.29, 1.82) is 0 Å². The standard InChI is InChI=1S/C13H23N3/c1-10(2)16(11(3)4)9-13-5-12(6-14)7-15-8-13/h5,7-8,10-11H,6,9,14H2,1-4H3. The molecule has 0 unspecified atom stereocenters. The number of pyridine rings is 1. The summed E-state index contributed by atoms with van der Waals surface area (Å²) in [4.78, 5) is 6.66. The van der Waals surface area contributed by atoms with Crippen LogP contribution >= 0.6 is 0 Å². The Morgan fingerprint density at radius 3 is 2.19 bits per heavy atom. The third kappa shape index (κ3) is 3.58. The molecular weight excluding hydrogens is 198 g/mol. The van der Waals surface area contributed by atoms with E-state index < -0.39 is 0 Å². The minimum Gasteiger partial charge on any atom is -0.326 e. The van der Waals surface area contributed by atoms with Crippen LogP contribution in [0.1, 0.15) is 38.8 Å². The van der Waals surface area contributed by atoms with E-state index in [2.05, 4.69) is 43.6 Å². The highest BCUT2D eigenvalue weighted by Crippen LogP contribution is 2.12. The molecule has 0 atom stereocenters. The Hall–Kier alpha value is -0.930. The number of hydrogen-bond donors (Lipinski definition) is 1. The van der Waals surface area contributed by atoms with Crippen LogP contribution < -0.4 is 5.73 Å². The molecule has 0 amide bonds. The van der Waals surface area contributed by atoms with Crippen molar-refractivity contribution in [2.75, 3.05) is 0 Å². The van der Waals surface area contributed by atoms with E-state index in [1.807, 2.05) is 12.4 Å². The summed E-state index contributed by atoms with van der Waals surface area (Å²) in [7, 11) is 0. The van der Waals surface area contributed by atoms with Crippen molar-refractivity contribution in [3.05, 3.63) is 29.6 Å². The molecule has 0 saturated heterocycles. The normalized spacial score (nSPS) is 11.8. The van der Waals surface area contributed by atoms with Gasteiger partial charge in [0.15, 0.2) is 0 Å². The van der Waals surface area contributed by atoms with E-state index in [-0.39, 0.29) is 0 Å². The summed E-state index contributed by atoms with van der Waals surface area (Å²) >= 11 is 0. The summed E-state index contributed by atoms with van der Waals surface area (Å²) < 4.78 is 0. The zero-order valence-electron chi connectivity index (χ0n) is 10.8. The number of nitrogens with two attached hydrogens (primary N) is 1. The van der Waals surface area contributed by atoms with Crippen LogP contribution in [0.5, 0.6) is 0 Å². The van der Waals surface area contributed by atoms with Crippen molar-refractivity contribution >= 4 is 0 Å². The molecule has 1 rings (SSSR count). The van der Waals surface area contributed by atoms with Gasteiger partial charge < -0.3 is 5.73 Å². The van der Waals surface area contributed by atoms with Crippen molar-refractivity contribution in [3.63, 3.8) is 0 Å². The Kier molecular flexibility index (Phi) is 4.90. The van der Waals surface area contributed by atoms with Gasteiger partial charge in [0, 0.05) is 37.6 Å². The molecule has 1 heterocycles. The summed E-state index contributed by atoms with van der Waals surface area (Å²) in [5, 5.41) is 0. The fourth-order valence-electron chi connectivity index (χ4n) is 1.91. The van der Waals surface area contributed by atoms with Gasteiger partial charge in [-0.05, 0) is 38.8 Å². The lowest BCUT2D eigenvalue weighted by Gasteiger charge is -2.30. The van der Waals surface area contributed by atoms with Crippen LogP contribution in [0.15, 0.2) is 18.5 Å². The van der Waals surface area contributed by atoms with Gasteiger partial charge in [0.25, 0.3) is 0 Å². The summed E-state index contributed by atoms with van der Waals surface area (Å²) in [5.41, 5.74) is 7.96. The van der Waals surface area contributed by atoms with Crippen molar-refractivity contribution in [2.24, 2.45) is 5.73 Å². The molecule has 3 heteroatoms. The van der Waals surface area contributed by atoms with Crippen LogP contribution in [0.4, 0.5) is 0 Å². The van der Waals surface area contributed by atoms with Crippen molar-refractivity contribution in [1.82, 2.24) is 9.88 Å². The lowest BCUT2D eigenvalue weighted by atomic mass is 10.1.